The number of rotatable bonds is 2. The van der Waals surface area contributed by atoms with Crippen molar-refractivity contribution in [1.82, 2.24) is 4.90 Å². The lowest BCUT2D eigenvalue weighted by molar-refractivity contribution is -0.153. The van der Waals surface area contributed by atoms with Gasteiger partial charge in [-0.1, -0.05) is 19.1 Å². The summed E-state index contributed by atoms with van der Waals surface area (Å²) in [5, 5.41) is 9.86. The summed E-state index contributed by atoms with van der Waals surface area (Å²) in [5.74, 6) is 2.11. The Morgan fingerprint density at radius 3 is 2.93 bits per heavy atom. The van der Waals surface area contributed by atoms with E-state index in [1.807, 2.05) is 42.6 Å². The van der Waals surface area contributed by atoms with E-state index < -0.39 is 0 Å². The summed E-state index contributed by atoms with van der Waals surface area (Å²) in [6.07, 6.45) is 13.2. The Morgan fingerprint density at radius 2 is 2.10 bits per heavy atom. The number of phenolic OH excluding ortho intramolecular Hbond substituents is 1. The van der Waals surface area contributed by atoms with Gasteiger partial charge in [0, 0.05) is 25.1 Å². The van der Waals surface area contributed by atoms with Gasteiger partial charge in [-0.2, -0.15) is 0 Å². The molecule has 1 aliphatic heterocycles. The van der Waals surface area contributed by atoms with Gasteiger partial charge in [0.2, 0.25) is 0 Å². The average Bonchev–Trinajstić information content (AvgIpc) is 3.04. The zero-order valence-electron chi connectivity index (χ0n) is 17.4. The molecule has 2 fully saturated rings. The van der Waals surface area contributed by atoms with E-state index in [0.717, 1.165) is 37.7 Å². The molecule has 1 unspecified atom stereocenters. The Balaban J connectivity index is 1.34. The van der Waals surface area contributed by atoms with Crippen LogP contribution in [0.15, 0.2) is 42.2 Å². The van der Waals surface area contributed by atoms with Crippen LogP contribution in [0.25, 0.3) is 0 Å². The molecule has 1 aromatic carbocycles. The second-order valence-corrected chi connectivity index (χ2v) is 9.72. The lowest BCUT2D eigenvalue weighted by atomic mass is 9.55. The molecule has 0 aromatic heterocycles. The predicted octanol–water partition coefficient (Wildman–Crippen LogP) is 4.89. The van der Waals surface area contributed by atoms with E-state index in [9.17, 15) is 9.90 Å². The number of carbonyl (C=O) groups is 1. The molecule has 0 radical (unpaired) electrons. The summed E-state index contributed by atoms with van der Waals surface area (Å²) >= 11 is 0. The third-order valence-corrected chi connectivity index (χ3v) is 8.17. The van der Waals surface area contributed by atoms with Gasteiger partial charge >= 0.3 is 5.97 Å². The molecular formula is C25H31NO3. The standard InChI is InChI=1S/C25H31NO3/c1-25-12-11-20-19-8-6-18(27)14-16(19)5-7-21(20)22(25)9-10-23(25)29-24(28)17-4-3-13-26(2)15-17/h3,6,8,13-15,20-23,27H,4-5,7,9-12H2,1-2H3/t20-,21-,22+,23?,25+/m1/s1. The molecule has 0 saturated heterocycles. The molecule has 4 nitrogen and oxygen atoms in total. The molecule has 5 rings (SSSR count). The fraction of sp³-hybridized carbons (Fsp3) is 0.560. The van der Waals surface area contributed by atoms with Crippen LogP contribution in [0.4, 0.5) is 0 Å². The van der Waals surface area contributed by atoms with E-state index in [1.165, 1.54) is 17.5 Å². The first-order valence-electron chi connectivity index (χ1n) is 11.1. The molecule has 29 heavy (non-hydrogen) atoms. The zero-order chi connectivity index (χ0) is 20.2. The second kappa shape index (κ2) is 6.93. The molecule has 0 bridgehead atoms. The highest BCUT2D eigenvalue weighted by Gasteiger charge is 2.56. The minimum atomic E-state index is -0.139. The van der Waals surface area contributed by atoms with Gasteiger partial charge in [0.05, 0.1) is 5.57 Å². The molecule has 1 aromatic rings. The lowest BCUT2D eigenvalue weighted by Crippen LogP contribution is -2.45. The number of hydrogen-bond donors (Lipinski definition) is 1. The smallest absolute Gasteiger partial charge is 0.336 e. The number of phenols is 1. The molecule has 4 aliphatic rings. The van der Waals surface area contributed by atoms with Gasteiger partial charge < -0.3 is 14.7 Å². The number of allylic oxidation sites excluding steroid dienone is 1. The fourth-order valence-electron chi connectivity index (χ4n) is 6.74. The first-order chi connectivity index (χ1) is 14.0. The maximum Gasteiger partial charge on any atom is 0.336 e. The summed E-state index contributed by atoms with van der Waals surface area (Å²) in [4.78, 5) is 14.7. The van der Waals surface area contributed by atoms with Crippen molar-refractivity contribution < 1.29 is 14.6 Å². The highest BCUT2D eigenvalue weighted by atomic mass is 16.5. The summed E-state index contributed by atoms with van der Waals surface area (Å²) in [6.45, 7) is 2.37. The average molecular weight is 394 g/mol. The van der Waals surface area contributed by atoms with E-state index in [1.54, 1.807) is 0 Å². The van der Waals surface area contributed by atoms with Gasteiger partial charge in [0.25, 0.3) is 0 Å². The van der Waals surface area contributed by atoms with Crippen LogP contribution in [-0.2, 0) is 16.0 Å². The first-order valence-corrected chi connectivity index (χ1v) is 11.1. The highest BCUT2D eigenvalue weighted by molar-refractivity contribution is 5.89. The number of carbonyl (C=O) groups excluding carboxylic acids is 1. The topological polar surface area (TPSA) is 49.8 Å². The van der Waals surface area contributed by atoms with Crippen molar-refractivity contribution in [1.29, 1.82) is 0 Å². The summed E-state index contributed by atoms with van der Waals surface area (Å²) in [5.41, 5.74) is 3.62. The number of ether oxygens (including phenoxy) is 1. The molecule has 3 aliphatic carbocycles. The molecule has 0 amide bonds. The Labute approximate surface area is 173 Å². The van der Waals surface area contributed by atoms with E-state index in [0.29, 0.717) is 29.9 Å². The van der Waals surface area contributed by atoms with Crippen LogP contribution in [0, 0.1) is 17.3 Å². The van der Waals surface area contributed by atoms with E-state index >= 15 is 0 Å². The van der Waals surface area contributed by atoms with Crippen molar-refractivity contribution in [3.05, 3.63) is 53.4 Å². The van der Waals surface area contributed by atoms with Crippen molar-refractivity contribution in [2.45, 2.75) is 63.9 Å². The van der Waals surface area contributed by atoms with Crippen LogP contribution in [0.2, 0.25) is 0 Å². The molecule has 4 heteroatoms. The molecule has 0 spiro atoms. The SMILES string of the molecule is CN1C=CCC(C(=O)OC2CC[C@H]3[C@@H]4CCc5cc(O)ccc5[C@H]4CC[C@]23C)=C1. The quantitative estimate of drug-likeness (QED) is 0.727. The van der Waals surface area contributed by atoms with Crippen molar-refractivity contribution in [3.8, 4) is 5.75 Å². The van der Waals surface area contributed by atoms with Crippen LogP contribution in [-0.4, -0.2) is 29.1 Å². The highest BCUT2D eigenvalue weighted by Crippen LogP contribution is 2.61. The second-order valence-electron chi connectivity index (χ2n) is 9.72. The van der Waals surface area contributed by atoms with Crippen LogP contribution < -0.4 is 0 Å². The number of fused-ring (bicyclic) bond motifs is 5. The number of aromatic hydroxyl groups is 1. The number of aryl methyl sites for hydroxylation is 1. The summed E-state index contributed by atoms with van der Waals surface area (Å²) in [7, 11) is 1.94. The van der Waals surface area contributed by atoms with Gasteiger partial charge in [0.1, 0.15) is 11.9 Å². The van der Waals surface area contributed by atoms with E-state index in [-0.39, 0.29) is 17.5 Å². The molecule has 5 atom stereocenters. The lowest BCUT2D eigenvalue weighted by Gasteiger charge is -2.50. The van der Waals surface area contributed by atoms with Crippen molar-refractivity contribution >= 4 is 5.97 Å². The van der Waals surface area contributed by atoms with Gasteiger partial charge in [0.15, 0.2) is 0 Å². The third-order valence-electron chi connectivity index (χ3n) is 8.17. The Hall–Kier alpha value is -2.23. The van der Waals surface area contributed by atoms with Crippen molar-refractivity contribution in [3.63, 3.8) is 0 Å². The zero-order valence-corrected chi connectivity index (χ0v) is 17.4. The van der Waals surface area contributed by atoms with Gasteiger partial charge in [-0.3, -0.25) is 0 Å². The molecule has 2 saturated carbocycles. The number of nitrogens with zero attached hydrogens (tertiary/aromatic N) is 1. The molecular weight excluding hydrogens is 362 g/mol. The van der Waals surface area contributed by atoms with Crippen LogP contribution >= 0.6 is 0 Å². The predicted molar refractivity (Wildman–Crippen MR) is 112 cm³/mol. The Kier molecular flexibility index (Phi) is 4.49. The van der Waals surface area contributed by atoms with Gasteiger partial charge in [-0.25, -0.2) is 4.79 Å². The third kappa shape index (κ3) is 3.08. The Bertz CT molecular complexity index is 888. The molecule has 154 valence electrons. The number of esters is 1. The first kappa shape index (κ1) is 18.8. The normalized spacial score (nSPS) is 35.4. The maximum atomic E-state index is 12.8. The minimum Gasteiger partial charge on any atom is -0.508 e. The van der Waals surface area contributed by atoms with Crippen LogP contribution in [0.1, 0.15) is 62.5 Å². The number of benzene rings is 1. The largest absolute Gasteiger partial charge is 0.508 e. The number of hydrogen-bond acceptors (Lipinski definition) is 4. The van der Waals surface area contributed by atoms with Crippen LogP contribution in [0.5, 0.6) is 5.75 Å². The monoisotopic (exact) mass is 393 g/mol. The minimum absolute atomic E-state index is 0.0271. The maximum absolute atomic E-state index is 12.8. The molecule has 1 heterocycles. The van der Waals surface area contributed by atoms with Crippen LogP contribution in [0.3, 0.4) is 0 Å². The van der Waals surface area contributed by atoms with Crippen molar-refractivity contribution in [2.75, 3.05) is 7.05 Å². The van der Waals surface area contributed by atoms with Crippen molar-refractivity contribution in [2.24, 2.45) is 17.3 Å². The fourth-order valence-corrected chi connectivity index (χ4v) is 6.74. The van der Waals surface area contributed by atoms with Gasteiger partial charge in [-0.15, -0.1) is 0 Å². The Morgan fingerprint density at radius 1 is 1.24 bits per heavy atom. The molecule has 1 N–H and O–H groups in total. The van der Waals surface area contributed by atoms with Gasteiger partial charge in [-0.05, 0) is 85.7 Å². The van der Waals surface area contributed by atoms with E-state index in [4.69, 9.17) is 4.74 Å². The summed E-state index contributed by atoms with van der Waals surface area (Å²) in [6, 6.07) is 5.95. The summed E-state index contributed by atoms with van der Waals surface area (Å²) < 4.78 is 6.14. The van der Waals surface area contributed by atoms with E-state index in [2.05, 4.69) is 13.0 Å².